The Hall–Kier alpha value is -1.38. The maximum Gasteiger partial charge on any atom is 0.177 e. The molecule has 1 aliphatic carbocycles. The molecule has 0 amide bonds. The number of rotatable bonds is 5. The van der Waals surface area contributed by atoms with Gasteiger partial charge in [0.25, 0.3) is 0 Å². The molecule has 27 heavy (non-hydrogen) atoms. The molecule has 2 rings (SSSR count). The van der Waals surface area contributed by atoms with Gasteiger partial charge in [-0.2, -0.15) is 0 Å². The quantitative estimate of drug-likeness (QED) is 0.489. The average Bonchev–Trinajstić information content (AvgIpc) is 2.56. The van der Waals surface area contributed by atoms with Gasteiger partial charge in [0.05, 0.1) is 13.2 Å². The molecule has 0 aromatic heterocycles. The first-order valence-corrected chi connectivity index (χ1v) is 10.2. The van der Waals surface area contributed by atoms with Crippen molar-refractivity contribution in [3.05, 3.63) is 58.7 Å². The molecule has 2 heteroatoms. The van der Waals surface area contributed by atoms with Crippen LogP contribution >= 0.6 is 0 Å². The summed E-state index contributed by atoms with van der Waals surface area (Å²) >= 11 is 0. The Kier molecular flexibility index (Phi) is 7.47. The fourth-order valence-electron chi connectivity index (χ4n) is 3.70. The molecule has 1 fully saturated rings. The van der Waals surface area contributed by atoms with Crippen LogP contribution in [0, 0.1) is 10.8 Å². The zero-order chi connectivity index (χ0) is 20.1. The van der Waals surface area contributed by atoms with E-state index in [1.54, 1.807) is 5.57 Å². The van der Waals surface area contributed by atoms with Gasteiger partial charge in [0.15, 0.2) is 6.29 Å². The molecule has 2 nitrogen and oxygen atoms in total. The van der Waals surface area contributed by atoms with E-state index >= 15 is 0 Å². The molecule has 0 atom stereocenters. The van der Waals surface area contributed by atoms with E-state index in [1.165, 1.54) is 30.4 Å². The minimum Gasteiger partial charge on any atom is -0.348 e. The van der Waals surface area contributed by atoms with Gasteiger partial charge in [0.1, 0.15) is 0 Å². The molecule has 0 N–H and O–H groups in total. The van der Waals surface area contributed by atoms with Crippen molar-refractivity contribution in [1.29, 1.82) is 0 Å². The molecular formula is C25H38O2. The van der Waals surface area contributed by atoms with Gasteiger partial charge in [-0.15, -0.1) is 0 Å². The standard InChI is InChI=1S/C25H38O2/c1-19(13-14-22-21(3)12-9-15-25(22,6)7)10-8-11-20(2)16-23-26-17-24(4,5)18-27-23/h8,10-11,13-14,16,23H,9,12,15,17-18H2,1-7H3. The van der Waals surface area contributed by atoms with Gasteiger partial charge in [0, 0.05) is 5.41 Å². The highest BCUT2D eigenvalue weighted by atomic mass is 16.7. The SMILES string of the molecule is CC(C=CC1=C(C)CCCC1(C)C)=CC=CC(C)=CC1OCC(C)(C)CO1. The lowest BCUT2D eigenvalue weighted by molar-refractivity contribution is -0.197. The van der Waals surface area contributed by atoms with E-state index in [0.29, 0.717) is 5.41 Å². The smallest absolute Gasteiger partial charge is 0.177 e. The van der Waals surface area contributed by atoms with Crippen LogP contribution in [0.3, 0.4) is 0 Å². The topological polar surface area (TPSA) is 18.5 Å². The minimum absolute atomic E-state index is 0.112. The first-order valence-electron chi connectivity index (χ1n) is 10.2. The number of hydrogen-bond acceptors (Lipinski definition) is 2. The molecule has 1 heterocycles. The zero-order valence-corrected chi connectivity index (χ0v) is 18.4. The van der Waals surface area contributed by atoms with Crippen molar-refractivity contribution in [2.24, 2.45) is 10.8 Å². The largest absolute Gasteiger partial charge is 0.348 e. The predicted octanol–water partition coefficient (Wildman–Crippen LogP) is 6.92. The van der Waals surface area contributed by atoms with Crippen molar-refractivity contribution in [2.45, 2.75) is 74.0 Å². The Bertz CT molecular complexity index is 658. The second-order valence-corrected chi connectivity index (χ2v) is 9.60. The van der Waals surface area contributed by atoms with Crippen LogP contribution in [0.5, 0.6) is 0 Å². The number of hydrogen-bond donors (Lipinski definition) is 0. The van der Waals surface area contributed by atoms with Crippen LogP contribution in [0.4, 0.5) is 0 Å². The van der Waals surface area contributed by atoms with E-state index in [-0.39, 0.29) is 11.7 Å². The van der Waals surface area contributed by atoms with Crippen LogP contribution < -0.4 is 0 Å². The van der Waals surface area contributed by atoms with Crippen LogP contribution in [0.2, 0.25) is 0 Å². The second-order valence-electron chi connectivity index (χ2n) is 9.60. The lowest BCUT2D eigenvalue weighted by Gasteiger charge is -2.33. The molecule has 0 radical (unpaired) electrons. The highest BCUT2D eigenvalue weighted by molar-refractivity contribution is 5.37. The van der Waals surface area contributed by atoms with Gasteiger partial charge < -0.3 is 9.47 Å². The molecule has 0 unspecified atom stereocenters. The molecule has 0 saturated carbocycles. The monoisotopic (exact) mass is 370 g/mol. The molecule has 0 bridgehead atoms. The van der Waals surface area contributed by atoms with Gasteiger partial charge >= 0.3 is 0 Å². The fourth-order valence-corrected chi connectivity index (χ4v) is 3.70. The Morgan fingerprint density at radius 2 is 1.67 bits per heavy atom. The third-order valence-corrected chi connectivity index (χ3v) is 5.45. The van der Waals surface area contributed by atoms with Gasteiger partial charge in [0.2, 0.25) is 0 Å². The fraction of sp³-hybridized carbons (Fsp3) is 0.600. The summed E-state index contributed by atoms with van der Waals surface area (Å²) in [6.07, 6.45) is 16.6. The van der Waals surface area contributed by atoms with E-state index in [4.69, 9.17) is 9.47 Å². The summed E-state index contributed by atoms with van der Waals surface area (Å²) in [6.45, 7) is 17.0. The Morgan fingerprint density at radius 3 is 2.30 bits per heavy atom. The van der Waals surface area contributed by atoms with Crippen LogP contribution in [-0.4, -0.2) is 19.5 Å². The average molecular weight is 371 g/mol. The van der Waals surface area contributed by atoms with E-state index in [9.17, 15) is 0 Å². The maximum atomic E-state index is 5.76. The first kappa shape index (κ1) is 21.9. The summed E-state index contributed by atoms with van der Waals surface area (Å²) in [4.78, 5) is 0. The van der Waals surface area contributed by atoms with E-state index in [0.717, 1.165) is 18.8 Å². The normalized spacial score (nSPS) is 25.0. The van der Waals surface area contributed by atoms with Crippen molar-refractivity contribution in [3.8, 4) is 0 Å². The summed E-state index contributed by atoms with van der Waals surface area (Å²) in [5.74, 6) is 0. The summed E-state index contributed by atoms with van der Waals surface area (Å²) < 4.78 is 11.5. The third-order valence-electron chi connectivity index (χ3n) is 5.45. The number of ether oxygens (including phenoxy) is 2. The summed E-state index contributed by atoms with van der Waals surface area (Å²) in [5, 5.41) is 0. The molecule has 0 aromatic carbocycles. The maximum absolute atomic E-state index is 5.76. The van der Waals surface area contributed by atoms with Gasteiger partial charge in [-0.05, 0) is 57.1 Å². The summed E-state index contributed by atoms with van der Waals surface area (Å²) in [6, 6.07) is 0. The first-order chi connectivity index (χ1) is 12.6. The molecule has 1 aliphatic heterocycles. The van der Waals surface area contributed by atoms with Crippen molar-refractivity contribution in [3.63, 3.8) is 0 Å². The summed E-state index contributed by atoms with van der Waals surface area (Å²) in [7, 11) is 0. The van der Waals surface area contributed by atoms with E-state index in [2.05, 4.69) is 78.8 Å². The molecule has 0 spiro atoms. The van der Waals surface area contributed by atoms with E-state index in [1.807, 2.05) is 6.08 Å². The Morgan fingerprint density at radius 1 is 1.00 bits per heavy atom. The highest BCUT2D eigenvalue weighted by Gasteiger charge is 2.27. The predicted molar refractivity (Wildman–Crippen MR) is 116 cm³/mol. The highest BCUT2D eigenvalue weighted by Crippen LogP contribution is 2.40. The third kappa shape index (κ3) is 6.93. The second kappa shape index (κ2) is 9.21. The minimum atomic E-state index is -0.226. The molecule has 1 saturated heterocycles. The van der Waals surface area contributed by atoms with E-state index < -0.39 is 0 Å². The molecule has 2 aliphatic rings. The van der Waals surface area contributed by atoms with Crippen molar-refractivity contribution in [1.82, 2.24) is 0 Å². The van der Waals surface area contributed by atoms with Gasteiger partial charge in [-0.1, -0.05) is 74.8 Å². The Labute approximate surface area is 166 Å². The Balaban J connectivity index is 1.93. The van der Waals surface area contributed by atoms with Crippen molar-refractivity contribution >= 4 is 0 Å². The molecular weight excluding hydrogens is 332 g/mol. The lowest BCUT2D eigenvalue weighted by atomic mass is 9.72. The van der Waals surface area contributed by atoms with Crippen LogP contribution in [0.15, 0.2) is 58.7 Å². The molecule has 0 aromatic rings. The van der Waals surface area contributed by atoms with Gasteiger partial charge in [-0.3, -0.25) is 0 Å². The molecule has 150 valence electrons. The summed E-state index contributed by atoms with van der Waals surface area (Å²) in [5.41, 5.74) is 5.87. The van der Waals surface area contributed by atoms with Crippen LogP contribution in [0.25, 0.3) is 0 Å². The van der Waals surface area contributed by atoms with Crippen LogP contribution in [-0.2, 0) is 9.47 Å². The van der Waals surface area contributed by atoms with Crippen LogP contribution in [0.1, 0.15) is 67.7 Å². The van der Waals surface area contributed by atoms with Gasteiger partial charge in [-0.25, -0.2) is 0 Å². The number of allylic oxidation sites excluding steroid dienone is 9. The van der Waals surface area contributed by atoms with Crippen molar-refractivity contribution in [2.75, 3.05) is 13.2 Å². The lowest BCUT2D eigenvalue weighted by Crippen LogP contribution is -2.36. The van der Waals surface area contributed by atoms with Crippen molar-refractivity contribution < 1.29 is 9.47 Å². The zero-order valence-electron chi connectivity index (χ0n) is 18.4.